The minimum absolute atomic E-state index is 0.0756. The quantitative estimate of drug-likeness (QED) is 0.247. The molecule has 0 spiro atoms. The van der Waals surface area contributed by atoms with Gasteiger partial charge in [-0.1, -0.05) is 66.7 Å². The highest BCUT2D eigenvalue weighted by atomic mass is 16.5. The SMILES string of the molecule is CCOc1ccc(CC(N)CNC(N)(Cc2ccccc2)C(=O)Cc2ccc(COC(N)=O)cc2)cc1. The van der Waals surface area contributed by atoms with Crippen molar-refractivity contribution in [2.75, 3.05) is 13.2 Å². The summed E-state index contributed by atoms with van der Waals surface area (Å²) in [6.07, 6.45) is 0.262. The lowest BCUT2D eigenvalue weighted by atomic mass is 9.91. The molecule has 0 saturated carbocycles. The lowest BCUT2D eigenvalue weighted by molar-refractivity contribution is -0.124. The van der Waals surface area contributed by atoms with Crippen molar-refractivity contribution in [2.45, 2.75) is 44.5 Å². The number of carbonyl (C=O) groups excluding carboxylic acids is 2. The number of ether oxygens (including phenoxy) is 2. The molecule has 8 nitrogen and oxygen atoms in total. The Morgan fingerprint density at radius 1 is 0.892 bits per heavy atom. The van der Waals surface area contributed by atoms with Gasteiger partial charge in [0.1, 0.15) is 18.0 Å². The molecule has 2 atom stereocenters. The molecule has 0 aliphatic carbocycles. The number of ketones is 1. The van der Waals surface area contributed by atoms with E-state index in [2.05, 4.69) is 5.32 Å². The third kappa shape index (κ3) is 9.02. The van der Waals surface area contributed by atoms with E-state index in [9.17, 15) is 9.59 Å². The summed E-state index contributed by atoms with van der Waals surface area (Å²) in [4.78, 5) is 24.3. The van der Waals surface area contributed by atoms with Gasteiger partial charge in [-0.05, 0) is 47.7 Å². The first-order chi connectivity index (χ1) is 17.8. The van der Waals surface area contributed by atoms with Gasteiger partial charge in [-0.15, -0.1) is 0 Å². The Morgan fingerprint density at radius 3 is 2.14 bits per heavy atom. The summed E-state index contributed by atoms with van der Waals surface area (Å²) in [5.41, 5.74) is 20.5. The van der Waals surface area contributed by atoms with Crippen LogP contribution in [0.4, 0.5) is 4.79 Å². The summed E-state index contributed by atoms with van der Waals surface area (Å²) in [5, 5.41) is 3.27. The summed E-state index contributed by atoms with van der Waals surface area (Å²) >= 11 is 0. The van der Waals surface area contributed by atoms with E-state index in [0.29, 0.717) is 26.0 Å². The molecule has 3 aromatic carbocycles. The minimum Gasteiger partial charge on any atom is -0.494 e. The molecule has 0 bridgehead atoms. The number of hydrogen-bond acceptors (Lipinski definition) is 7. The number of primary amides is 1. The minimum atomic E-state index is -1.30. The average Bonchev–Trinajstić information content (AvgIpc) is 2.89. The van der Waals surface area contributed by atoms with Crippen molar-refractivity contribution in [1.29, 1.82) is 0 Å². The molecule has 3 rings (SSSR count). The average molecular weight is 505 g/mol. The maximum atomic E-state index is 13.5. The number of nitrogens with two attached hydrogens (primary N) is 3. The van der Waals surface area contributed by atoms with E-state index >= 15 is 0 Å². The highest BCUT2D eigenvalue weighted by molar-refractivity contribution is 5.90. The van der Waals surface area contributed by atoms with Gasteiger partial charge in [0.15, 0.2) is 5.78 Å². The molecule has 37 heavy (non-hydrogen) atoms. The number of nitrogens with one attached hydrogen (secondary N) is 1. The lowest BCUT2D eigenvalue weighted by Crippen LogP contribution is -2.63. The number of Topliss-reactive ketones (excluding diaryl/α,β-unsaturated/α-hetero) is 1. The largest absolute Gasteiger partial charge is 0.494 e. The number of carbonyl (C=O) groups is 2. The molecule has 8 heteroatoms. The molecule has 0 heterocycles. The zero-order valence-electron chi connectivity index (χ0n) is 21.2. The molecule has 1 amide bonds. The first-order valence-electron chi connectivity index (χ1n) is 12.4. The summed E-state index contributed by atoms with van der Waals surface area (Å²) in [5.74, 6) is 0.673. The van der Waals surface area contributed by atoms with Gasteiger partial charge in [0.25, 0.3) is 0 Å². The summed E-state index contributed by atoms with van der Waals surface area (Å²) in [7, 11) is 0. The normalized spacial score (nSPS) is 13.4. The van der Waals surface area contributed by atoms with Gasteiger partial charge >= 0.3 is 6.09 Å². The Hall–Kier alpha value is -3.72. The molecular weight excluding hydrogens is 468 g/mol. The van der Waals surface area contributed by atoms with E-state index in [0.717, 1.165) is 28.0 Å². The Labute approximate surface area is 218 Å². The van der Waals surface area contributed by atoms with Crippen molar-refractivity contribution >= 4 is 11.9 Å². The van der Waals surface area contributed by atoms with Crippen LogP contribution in [0.25, 0.3) is 0 Å². The van der Waals surface area contributed by atoms with E-state index in [4.69, 9.17) is 26.7 Å². The van der Waals surface area contributed by atoms with Gasteiger partial charge in [0.05, 0.1) is 6.61 Å². The first-order valence-corrected chi connectivity index (χ1v) is 12.4. The van der Waals surface area contributed by atoms with Crippen LogP contribution in [-0.4, -0.2) is 36.7 Å². The van der Waals surface area contributed by atoms with Crippen molar-refractivity contribution in [3.8, 4) is 5.75 Å². The van der Waals surface area contributed by atoms with Crippen LogP contribution < -0.4 is 27.3 Å². The van der Waals surface area contributed by atoms with E-state index in [-0.39, 0.29) is 24.9 Å². The van der Waals surface area contributed by atoms with Crippen LogP contribution in [0.1, 0.15) is 29.2 Å². The molecule has 0 aromatic heterocycles. The number of rotatable bonds is 14. The molecule has 3 aromatic rings. The van der Waals surface area contributed by atoms with E-state index in [1.165, 1.54) is 0 Å². The monoisotopic (exact) mass is 504 g/mol. The van der Waals surface area contributed by atoms with Crippen molar-refractivity contribution in [2.24, 2.45) is 17.2 Å². The van der Waals surface area contributed by atoms with Gasteiger partial charge in [-0.3, -0.25) is 10.1 Å². The van der Waals surface area contributed by atoms with Gasteiger partial charge < -0.3 is 26.7 Å². The van der Waals surface area contributed by atoms with Crippen molar-refractivity contribution in [1.82, 2.24) is 5.32 Å². The Balaban J connectivity index is 1.66. The number of hydrogen-bond donors (Lipinski definition) is 4. The van der Waals surface area contributed by atoms with Crippen molar-refractivity contribution in [3.05, 3.63) is 101 Å². The zero-order chi connectivity index (χ0) is 26.7. The Bertz CT molecular complexity index is 1140. The van der Waals surface area contributed by atoms with E-state index < -0.39 is 11.8 Å². The molecule has 196 valence electrons. The third-order valence-electron chi connectivity index (χ3n) is 6.00. The van der Waals surface area contributed by atoms with Gasteiger partial charge in [-0.25, -0.2) is 4.79 Å². The number of benzene rings is 3. The first kappa shape index (κ1) is 27.9. The van der Waals surface area contributed by atoms with Crippen molar-refractivity contribution in [3.63, 3.8) is 0 Å². The van der Waals surface area contributed by atoms with Crippen LogP contribution in [-0.2, 0) is 35.4 Å². The molecular formula is C29H36N4O4. The van der Waals surface area contributed by atoms with Gasteiger partial charge in [0.2, 0.25) is 0 Å². The fourth-order valence-corrected chi connectivity index (χ4v) is 4.00. The van der Waals surface area contributed by atoms with E-state index in [1.807, 2.05) is 73.7 Å². The second-order valence-corrected chi connectivity index (χ2v) is 9.08. The van der Waals surface area contributed by atoms with Crippen LogP contribution in [0.3, 0.4) is 0 Å². The molecule has 0 fully saturated rings. The predicted molar refractivity (Wildman–Crippen MR) is 144 cm³/mol. The van der Waals surface area contributed by atoms with Gasteiger partial charge in [-0.2, -0.15) is 0 Å². The van der Waals surface area contributed by atoms with Crippen molar-refractivity contribution < 1.29 is 19.1 Å². The van der Waals surface area contributed by atoms with Crippen LogP contribution in [0.2, 0.25) is 0 Å². The summed E-state index contributed by atoms with van der Waals surface area (Å²) in [6.45, 7) is 3.00. The molecule has 0 aliphatic rings. The second kappa shape index (κ2) is 13.5. The van der Waals surface area contributed by atoms with Gasteiger partial charge in [0, 0.05) is 25.4 Å². The Morgan fingerprint density at radius 2 is 1.51 bits per heavy atom. The van der Waals surface area contributed by atoms with Crippen LogP contribution in [0.15, 0.2) is 78.9 Å². The molecule has 0 radical (unpaired) electrons. The molecule has 0 aliphatic heterocycles. The lowest BCUT2D eigenvalue weighted by Gasteiger charge is -2.31. The smallest absolute Gasteiger partial charge is 0.404 e. The fraction of sp³-hybridized carbons (Fsp3) is 0.310. The van der Waals surface area contributed by atoms with Crippen LogP contribution >= 0.6 is 0 Å². The fourth-order valence-electron chi connectivity index (χ4n) is 4.00. The summed E-state index contributed by atoms with van der Waals surface area (Å²) in [6, 6.07) is 24.5. The second-order valence-electron chi connectivity index (χ2n) is 9.08. The zero-order valence-corrected chi connectivity index (χ0v) is 21.2. The topological polar surface area (TPSA) is 143 Å². The summed E-state index contributed by atoms with van der Waals surface area (Å²) < 4.78 is 10.3. The molecule has 2 unspecified atom stereocenters. The number of amides is 1. The Kier molecular flexibility index (Phi) is 10.2. The van der Waals surface area contributed by atoms with Crippen LogP contribution in [0, 0.1) is 0 Å². The third-order valence-corrected chi connectivity index (χ3v) is 6.00. The highest BCUT2D eigenvalue weighted by Gasteiger charge is 2.33. The maximum Gasteiger partial charge on any atom is 0.404 e. The molecule has 7 N–H and O–H groups in total. The standard InChI is InChI=1S/C29H36N4O4/c1-2-36-26-14-12-21(13-15-26)16-25(30)19-33-29(32,18-23-6-4-3-5-7-23)27(34)17-22-8-10-24(11-9-22)20-37-28(31)35/h3-15,25,33H,2,16-20,30,32H2,1H3,(H2,31,35). The molecule has 0 saturated heterocycles. The predicted octanol–water partition coefficient (Wildman–Crippen LogP) is 2.85. The van der Waals surface area contributed by atoms with Crippen LogP contribution in [0.5, 0.6) is 5.75 Å². The highest BCUT2D eigenvalue weighted by Crippen LogP contribution is 2.16. The van der Waals surface area contributed by atoms with E-state index in [1.54, 1.807) is 12.1 Å². The maximum absolute atomic E-state index is 13.5.